The van der Waals surface area contributed by atoms with E-state index in [4.69, 9.17) is 10.8 Å². The minimum Gasteiger partial charge on any atom is -0.481 e. The van der Waals surface area contributed by atoms with Gasteiger partial charge in [-0.3, -0.25) is 9.59 Å². The van der Waals surface area contributed by atoms with Crippen LogP contribution in [0.2, 0.25) is 0 Å². The first-order valence-electron chi connectivity index (χ1n) is 6.33. The van der Waals surface area contributed by atoms with E-state index < -0.39 is 5.97 Å². The third-order valence-corrected chi connectivity index (χ3v) is 2.82. The van der Waals surface area contributed by atoms with Gasteiger partial charge in [0.25, 0.3) is 0 Å². The highest BCUT2D eigenvalue weighted by Crippen LogP contribution is 2.07. The number of nitrogen functional groups attached to an aromatic ring is 1. The molecule has 0 aliphatic rings. The molecule has 0 saturated carbocycles. The fourth-order valence-corrected chi connectivity index (χ4v) is 1.70. The number of carboxylic acids is 1. The van der Waals surface area contributed by atoms with Crippen molar-refractivity contribution in [2.45, 2.75) is 38.6 Å². The monoisotopic (exact) mass is 264 g/mol. The Morgan fingerprint density at radius 3 is 2.47 bits per heavy atom. The molecule has 0 heterocycles. The minimum absolute atomic E-state index is 0.0605. The van der Waals surface area contributed by atoms with Gasteiger partial charge in [0.15, 0.2) is 0 Å². The molecule has 1 atom stereocenters. The summed E-state index contributed by atoms with van der Waals surface area (Å²) in [7, 11) is 0. The molecule has 1 unspecified atom stereocenters. The predicted molar refractivity (Wildman–Crippen MR) is 73.6 cm³/mol. The van der Waals surface area contributed by atoms with Gasteiger partial charge in [0.05, 0.1) is 0 Å². The van der Waals surface area contributed by atoms with Gasteiger partial charge >= 0.3 is 5.97 Å². The molecule has 104 valence electrons. The van der Waals surface area contributed by atoms with Crippen LogP contribution in [-0.4, -0.2) is 23.0 Å². The van der Waals surface area contributed by atoms with E-state index in [0.29, 0.717) is 24.9 Å². The number of carbonyl (C=O) groups excluding carboxylic acids is 1. The normalized spacial score (nSPS) is 11.8. The maximum absolute atomic E-state index is 11.7. The molecule has 4 N–H and O–H groups in total. The molecule has 0 aliphatic heterocycles. The van der Waals surface area contributed by atoms with Crippen molar-refractivity contribution in [3.63, 3.8) is 0 Å². The second-order valence-corrected chi connectivity index (χ2v) is 4.64. The van der Waals surface area contributed by atoms with E-state index in [9.17, 15) is 9.59 Å². The van der Waals surface area contributed by atoms with Crippen molar-refractivity contribution in [1.29, 1.82) is 0 Å². The third kappa shape index (κ3) is 6.45. The van der Waals surface area contributed by atoms with Crippen molar-refractivity contribution in [1.82, 2.24) is 5.32 Å². The van der Waals surface area contributed by atoms with Crippen LogP contribution < -0.4 is 11.1 Å². The second-order valence-electron chi connectivity index (χ2n) is 4.64. The van der Waals surface area contributed by atoms with Crippen LogP contribution in [0.4, 0.5) is 5.69 Å². The van der Waals surface area contributed by atoms with Crippen LogP contribution >= 0.6 is 0 Å². The number of anilines is 1. The van der Waals surface area contributed by atoms with E-state index >= 15 is 0 Å². The van der Waals surface area contributed by atoms with Crippen LogP contribution in [0.25, 0.3) is 0 Å². The SMILES string of the molecule is CC(CCC(=O)O)NC(=O)CCc1ccc(N)cc1. The van der Waals surface area contributed by atoms with Crippen LogP contribution in [-0.2, 0) is 16.0 Å². The molecular formula is C14H20N2O3. The number of carbonyl (C=O) groups is 2. The minimum atomic E-state index is -0.844. The largest absolute Gasteiger partial charge is 0.481 e. The maximum Gasteiger partial charge on any atom is 0.303 e. The van der Waals surface area contributed by atoms with Crippen LogP contribution in [0.5, 0.6) is 0 Å². The summed E-state index contributed by atoms with van der Waals surface area (Å²) in [6, 6.07) is 7.30. The summed E-state index contributed by atoms with van der Waals surface area (Å²) in [4.78, 5) is 22.1. The average Bonchev–Trinajstić information content (AvgIpc) is 2.36. The number of carboxylic acid groups (broad SMARTS) is 1. The van der Waals surface area contributed by atoms with Gasteiger partial charge in [-0.15, -0.1) is 0 Å². The molecule has 5 nitrogen and oxygen atoms in total. The highest BCUT2D eigenvalue weighted by molar-refractivity contribution is 5.76. The Hall–Kier alpha value is -2.04. The van der Waals surface area contributed by atoms with E-state index in [1.54, 1.807) is 0 Å². The summed E-state index contributed by atoms with van der Waals surface area (Å²) in [5.41, 5.74) is 7.34. The lowest BCUT2D eigenvalue weighted by Gasteiger charge is -2.12. The third-order valence-electron chi connectivity index (χ3n) is 2.82. The smallest absolute Gasteiger partial charge is 0.303 e. The molecule has 0 fully saturated rings. The molecule has 1 aromatic carbocycles. The predicted octanol–water partition coefficient (Wildman–Crippen LogP) is 1.57. The average molecular weight is 264 g/mol. The molecule has 5 heteroatoms. The fraction of sp³-hybridized carbons (Fsp3) is 0.429. The first-order chi connectivity index (χ1) is 8.97. The quantitative estimate of drug-likeness (QED) is 0.652. The van der Waals surface area contributed by atoms with Gasteiger partial charge in [-0.05, 0) is 37.5 Å². The van der Waals surface area contributed by atoms with Gasteiger partial charge in [0.1, 0.15) is 0 Å². The van der Waals surface area contributed by atoms with Crippen LogP contribution in [0.15, 0.2) is 24.3 Å². The van der Waals surface area contributed by atoms with E-state index in [2.05, 4.69) is 5.32 Å². The Balaban J connectivity index is 2.27. The lowest BCUT2D eigenvalue weighted by atomic mass is 10.1. The van der Waals surface area contributed by atoms with Crippen molar-refractivity contribution in [2.24, 2.45) is 0 Å². The summed E-state index contributed by atoms with van der Waals surface area (Å²) >= 11 is 0. The summed E-state index contributed by atoms with van der Waals surface area (Å²) in [5, 5.41) is 11.3. The molecule has 0 bridgehead atoms. The van der Waals surface area contributed by atoms with Gasteiger partial charge in [0.2, 0.25) is 5.91 Å². The van der Waals surface area contributed by atoms with Gasteiger partial charge in [-0.2, -0.15) is 0 Å². The van der Waals surface area contributed by atoms with Crippen molar-refractivity contribution >= 4 is 17.6 Å². The summed E-state index contributed by atoms with van der Waals surface area (Å²) in [6.07, 6.45) is 1.56. The van der Waals surface area contributed by atoms with Crippen LogP contribution in [0.1, 0.15) is 31.7 Å². The first-order valence-corrected chi connectivity index (χ1v) is 6.33. The lowest BCUT2D eigenvalue weighted by Crippen LogP contribution is -2.33. The zero-order valence-electron chi connectivity index (χ0n) is 11.1. The number of aliphatic carboxylic acids is 1. The topological polar surface area (TPSA) is 92.4 Å². The highest BCUT2D eigenvalue weighted by Gasteiger charge is 2.09. The Kier molecular flexibility index (Phi) is 5.85. The van der Waals surface area contributed by atoms with Crippen LogP contribution in [0.3, 0.4) is 0 Å². The Morgan fingerprint density at radius 2 is 1.89 bits per heavy atom. The lowest BCUT2D eigenvalue weighted by molar-refractivity contribution is -0.137. The van der Waals surface area contributed by atoms with Gasteiger partial charge in [0, 0.05) is 24.6 Å². The molecule has 19 heavy (non-hydrogen) atoms. The van der Waals surface area contributed by atoms with Crippen molar-refractivity contribution in [3.05, 3.63) is 29.8 Å². The summed E-state index contributed by atoms with van der Waals surface area (Å²) < 4.78 is 0. The molecule has 0 spiro atoms. The van der Waals surface area contributed by atoms with E-state index in [1.165, 1.54) is 0 Å². The van der Waals surface area contributed by atoms with Crippen molar-refractivity contribution in [3.8, 4) is 0 Å². The number of rotatable bonds is 7. The van der Waals surface area contributed by atoms with Crippen molar-refractivity contribution < 1.29 is 14.7 Å². The van der Waals surface area contributed by atoms with Gasteiger partial charge < -0.3 is 16.2 Å². The van der Waals surface area contributed by atoms with Gasteiger partial charge in [-0.1, -0.05) is 12.1 Å². The molecule has 0 aliphatic carbocycles. The number of benzene rings is 1. The van der Waals surface area contributed by atoms with E-state index in [1.807, 2.05) is 31.2 Å². The molecule has 1 aromatic rings. The maximum atomic E-state index is 11.7. The molecule has 0 radical (unpaired) electrons. The molecule has 0 aromatic heterocycles. The number of aryl methyl sites for hydroxylation is 1. The molecular weight excluding hydrogens is 244 g/mol. The first kappa shape index (κ1) is 15.0. The van der Waals surface area contributed by atoms with Crippen molar-refractivity contribution in [2.75, 3.05) is 5.73 Å². The Bertz CT molecular complexity index is 429. The highest BCUT2D eigenvalue weighted by atomic mass is 16.4. The number of nitrogens with two attached hydrogens (primary N) is 1. The number of nitrogens with one attached hydrogen (secondary N) is 1. The zero-order chi connectivity index (χ0) is 14.3. The number of amides is 1. The fourth-order valence-electron chi connectivity index (χ4n) is 1.70. The molecule has 0 saturated heterocycles. The van der Waals surface area contributed by atoms with Gasteiger partial charge in [-0.25, -0.2) is 0 Å². The Morgan fingerprint density at radius 1 is 1.26 bits per heavy atom. The Labute approximate surface area is 112 Å². The van der Waals surface area contributed by atoms with Crippen LogP contribution in [0, 0.1) is 0 Å². The zero-order valence-corrected chi connectivity index (χ0v) is 11.1. The second kappa shape index (κ2) is 7.41. The summed E-state index contributed by atoms with van der Waals surface area (Å²) in [6.45, 7) is 1.81. The summed E-state index contributed by atoms with van der Waals surface area (Å²) in [5.74, 6) is -0.905. The number of hydrogen-bond acceptors (Lipinski definition) is 3. The standard InChI is InChI=1S/C14H20N2O3/c1-10(2-9-14(18)19)16-13(17)8-5-11-3-6-12(15)7-4-11/h3-4,6-7,10H,2,5,8-9,15H2,1H3,(H,16,17)(H,18,19). The van der Waals surface area contributed by atoms with E-state index in [0.717, 1.165) is 5.56 Å². The molecule has 1 amide bonds. The van der Waals surface area contributed by atoms with E-state index in [-0.39, 0.29) is 18.4 Å². The number of hydrogen-bond donors (Lipinski definition) is 3. The molecule has 1 rings (SSSR count).